The molecule has 0 aliphatic rings. The monoisotopic (exact) mass is 278 g/mol. The van der Waals surface area contributed by atoms with Crippen molar-refractivity contribution in [3.8, 4) is 0 Å². The van der Waals surface area contributed by atoms with Crippen LogP contribution >= 0.6 is 11.8 Å². The van der Waals surface area contributed by atoms with Gasteiger partial charge in [-0.25, -0.2) is 4.68 Å². The molecule has 0 saturated heterocycles. The second kappa shape index (κ2) is 5.66. The average Bonchev–Trinajstić information content (AvgIpc) is 2.74. The molecule has 96 valence electrons. The van der Waals surface area contributed by atoms with Gasteiger partial charge in [-0.3, -0.25) is 0 Å². The molecule has 1 aromatic carbocycles. The molecule has 6 heteroatoms. The first-order valence-corrected chi connectivity index (χ1v) is 10.7. The van der Waals surface area contributed by atoms with Gasteiger partial charge in [0.2, 0.25) is 5.16 Å². The van der Waals surface area contributed by atoms with Crippen LogP contribution in [0.15, 0.2) is 35.5 Å². The maximum Gasteiger partial charge on any atom is 0.209 e. The summed E-state index contributed by atoms with van der Waals surface area (Å²) in [5.41, 5.74) is 1.22. The lowest BCUT2D eigenvalue weighted by atomic mass is 10.2. The Balaban J connectivity index is 2.04. The molecule has 0 aliphatic heterocycles. The zero-order valence-corrected chi connectivity index (χ0v) is 12.8. The van der Waals surface area contributed by atoms with Crippen LogP contribution in [0.5, 0.6) is 0 Å². The maximum atomic E-state index is 4.10. The van der Waals surface area contributed by atoms with Crippen molar-refractivity contribution in [2.45, 2.75) is 31.3 Å². The predicted octanol–water partition coefficient (Wildman–Crippen LogP) is 2.69. The minimum atomic E-state index is -1.07. The van der Waals surface area contributed by atoms with E-state index in [4.69, 9.17) is 0 Å². The Bertz CT molecular complexity index is 492. The SMILES string of the molecule is C[Si](C)(C)CSc1nnnn1Cc1ccccc1. The third kappa shape index (κ3) is 3.96. The van der Waals surface area contributed by atoms with Crippen LogP contribution in [-0.2, 0) is 6.54 Å². The van der Waals surface area contributed by atoms with Gasteiger partial charge in [0.15, 0.2) is 0 Å². The van der Waals surface area contributed by atoms with Crippen LogP contribution in [0.1, 0.15) is 5.56 Å². The minimum Gasteiger partial charge on any atom is -0.216 e. The molecule has 4 nitrogen and oxygen atoms in total. The van der Waals surface area contributed by atoms with E-state index in [1.54, 1.807) is 11.8 Å². The molecule has 1 aromatic heterocycles. The first-order valence-electron chi connectivity index (χ1n) is 5.97. The Morgan fingerprint density at radius 1 is 1.17 bits per heavy atom. The fourth-order valence-corrected chi connectivity index (χ4v) is 4.03. The smallest absolute Gasteiger partial charge is 0.209 e. The summed E-state index contributed by atoms with van der Waals surface area (Å²) in [4.78, 5) is 0. The third-order valence-electron chi connectivity index (χ3n) is 2.31. The molecule has 0 unspecified atom stereocenters. The Labute approximate surface area is 113 Å². The number of benzene rings is 1. The first kappa shape index (κ1) is 13.3. The largest absolute Gasteiger partial charge is 0.216 e. The van der Waals surface area contributed by atoms with Crippen molar-refractivity contribution >= 4 is 19.8 Å². The Morgan fingerprint density at radius 3 is 2.56 bits per heavy atom. The van der Waals surface area contributed by atoms with Gasteiger partial charge in [0.25, 0.3) is 0 Å². The lowest BCUT2D eigenvalue weighted by molar-refractivity contribution is 0.603. The number of thioether (sulfide) groups is 1. The molecule has 0 fully saturated rings. The zero-order valence-electron chi connectivity index (χ0n) is 11.0. The highest BCUT2D eigenvalue weighted by Gasteiger charge is 2.16. The summed E-state index contributed by atoms with van der Waals surface area (Å²) in [6, 6.07) is 10.3. The molecule has 2 aromatic rings. The number of hydrogen-bond donors (Lipinski definition) is 0. The van der Waals surface area contributed by atoms with E-state index in [-0.39, 0.29) is 0 Å². The van der Waals surface area contributed by atoms with Crippen LogP contribution in [0.4, 0.5) is 0 Å². The second-order valence-corrected chi connectivity index (χ2v) is 12.4. The average molecular weight is 278 g/mol. The molecule has 0 saturated carbocycles. The minimum absolute atomic E-state index is 0.738. The summed E-state index contributed by atoms with van der Waals surface area (Å²) in [6.07, 6.45) is 0. The molecule has 0 bridgehead atoms. The molecule has 18 heavy (non-hydrogen) atoms. The van der Waals surface area contributed by atoms with Crippen molar-refractivity contribution in [3.05, 3.63) is 35.9 Å². The fraction of sp³-hybridized carbons (Fsp3) is 0.417. The summed E-state index contributed by atoms with van der Waals surface area (Å²) < 4.78 is 1.88. The molecule has 2 rings (SSSR count). The molecule has 0 aliphatic carbocycles. The predicted molar refractivity (Wildman–Crippen MR) is 77.4 cm³/mol. The highest BCUT2D eigenvalue weighted by atomic mass is 32.2. The molecular weight excluding hydrogens is 260 g/mol. The molecule has 0 N–H and O–H groups in total. The summed E-state index contributed by atoms with van der Waals surface area (Å²) >= 11 is 1.77. The van der Waals surface area contributed by atoms with Crippen LogP contribution in [-0.4, -0.2) is 33.7 Å². The maximum absolute atomic E-state index is 4.10. The van der Waals surface area contributed by atoms with Crippen LogP contribution in [0, 0.1) is 0 Å². The summed E-state index contributed by atoms with van der Waals surface area (Å²) in [7, 11) is -1.07. The summed E-state index contributed by atoms with van der Waals surface area (Å²) in [5.74, 6) is 0. The van der Waals surface area contributed by atoms with Gasteiger partial charge in [-0.05, 0) is 21.4 Å². The van der Waals surface area contributed by atoms with Crippen molar-refractivity contribution in [2.75, 3.05) is 5.38 Å². The van der Waals surface area contributed by atoms with Crippen molar-refractivity contribution in [3.63, 3.8) is 0 Å². The van der Waals surface area contributed by atoms with Gasteiger partial charge in [0.1, 0.15) is 0 Å². The lowest BCUT2D eigenvalue weighted by Gasteiger charge is -2.14. The van der Waals surface area contributed by atoms with Gasteiger partial charge in [0, 0.05) is 0 Å². The van der Waals surface area contributed by atoms with E-state index < -0.39 is 8.07 Å². The molecular formula is C12H18N4SSi. The highest BCUT2D eigenvalue weighted by Crippen LogP contribution is 2.19. The van der Waals surface area contributed by atoms with Crippen molar-refractivity contribution in [1.29, 1.82) is 0 Å². The number of aromatic nitrogens is 4. The molecule has 1 heterocycles. The summed E-state index contributed by atoms with van der Waals surface area (Å²) in [6.45, 7) is 7.80. The number of rotatable bonds is 5. The van der Waals surface area contributed by atoms with E-state index in [1.165, 1.54) is 5.56 Å². The first-order chi connectivity index (χ1) is 8.54. The Kier molecular flexibility index (Phi) is 4.18. The van der Waals surface area contributed by atoms with E-state index in [0.29, 0.717) is 0 Å². The van der Waals surface area contributed by atoms with Crippen molar-refractivity contribution in [1.82, 2.24) is 20.2 Å². The Hall–Kier alpha value is -1.14. The van der Waals surface area contributed by atoms with Crippen LogP contribution in [0.2, 0.25) is 19.6 Å². The van der Waals surface area contributed by atoms with E-state index in [9.17, 15) is 0 Å². The van der Waals surface area contributed by atoms with Crippen LogP contribution < -0.4 is 0 Å². The quantitative estimate of drug-likeness (QED) is 0.623. The van der Waals surface area contributed by atoms with Gasteiger partial charge in [-0.2, -0.15) is 0 Å². The lowest BCUT2D eigenvalue weighted by Crippen LogP contribution is -2.24. The van der Waals surface area contributed by atoms with Crippen LogP contribution in [0.25, 0.3) is 0 Å². The van der Waals surface area contributed by atoms with Crippen molar-refractivity contribution in [2.24, 2.45) is 0 Å². The number of nitrogens with zero attached hydrogens (tertiary/aromatic N) is 4. The van der Waals surface area contributed by atoms with E-state index >= 15 is 0 Å². The van der Waals surface area contributed by atoms with E-state index in [1.807, 2.05) is 22.9 Å². The fourth-order valence-electron chi connectivity index (χ4n) is 1.44. The Morgan fingerprint density at radius 2 is 1.89 bits per heavy atom. The molecule has 0 atom stereocenters. The van der Waals surface area contributed by atoms with Crippen molar-refractivity contribution < 1.29 is 0 Å². The molecule has 0 spiro atoms. The normalized spacial score (nSPS) is 11.7. The second-order valence-electron chi connectivity index (χ2n) is 5.45. The van der Waals surface area contributed by atoms with Gasteiger partial charge in [-0.1, -0.05) is 61.7 Å². The highest BCUT2D eigenvalue weighted by molar-refractivity contribution is 8.00. The van der Waals surface area contributed by atoms with Gasteiger partial charge in [0.05, 0.1) is 14.6 Å². The summed E-state index contributed by atoms with van der Waals surface area (Å²) in [5, 5.41) is 14.0. The zero-order chi connectivity index (χ0) is 13.0. The topological polar surface area (TPSA) is 43.6 Å². The van der Waals surface area contributed by atoms with Crippen LogP contribution in [0.3, 0.4) is 0 Å². The van der Waals surface area contributed by atoms with Gasteiger partial charge in [-0.15, -0.1) is 5.10 Å². The standard InChI is InChI=1S/C12H18N4SSi/c1-18(2,3)10-17-12-13-14-15-16(12)9-11-7-5-4-6-8-11/h4-8H,9-10H2,1-3H3. The van der Waals surface area contributed by atoms with Gasteiger partial charge < -0.3 is 0 Å². The number of tetrazole rings is 1. The molecule has 0 radical (unpaired) electrons. The third-order valence-corrected chi connectivity index (χ3v) is 6.90. The number of hydrogen-bond acceptors (Lipinski definition) is 4. The van der Waals surface area contributed by atoms with Gasteiger partial charge >= 0.3 is 0 Å². The van der Waals surface area contributed by atoms with E-state index in [0.717, 1.165) is 17.1 Å². The van der Waals surface area contributed by atoms with E-state index in [2.05, 4.69) is 47.3 Å². The molecule has 0 amide bonds.